The van der Waals surface area contributed by atoms with E-state index in [0.717, 1.165) is 6.20 Å². The van der Waals surface area contributed by atoms with Crippen molar-refractivity contribution in [2.75, 3.05) is 44.3 Å². The van der Waals surface area contributed by atoms with E-state index in [-0.39, 0.29) is 68.9 Å². The Hall–Kier alpha value is -0.584. The molecule has 0 bridgehead atoms. The summed E-state index contributed by atoms with van der Waals surface area (Å²) in [7, 11) is 0. The molecule has 1 aromatic heterocycles. The summed E-state index contributed by atoms with van der Waals surface area (Å²) in [6.45, 7) is 3.41. The molecule has 2 aliphatic heterocycles. The van der Waals surface area contributed by atoms with Crippen LogP contribution in [0.15, 0.2) is 12.4 Å². The van der Waals surface area contributed by atoms with Crippen LogP contribution in [-0.4, -0.2) is 66.1 Å². The number of aromatic nitrogens is 2. The van der Waals surface area contributed by atoms with E-state index in [9.17, 15) is 14.7 Å². The third kappa shape index (κ3) is 3.84. The van der Waals surface area contributed by atoms with Gasteiger partial charge in [-0.1, -0.05) is 0 Å². The molecule has 2 saturated heterocycles. The number of piperazine rings is 1. The maximum atomic E-state index is 12.1. The molecule has 112 valence electrons. The zero-order valence-electron chi connectivity index (χ0n) is 12.4. The molecule has 0 spiro atoms. The Kier molecular flexibility index (Phi) is 6.30. The number of rotatable bonds is 3. The van der Waals surface area contributed by atoms with Crippen molar-refractivity contribution < 1.29 is 70.8 Å². The minimum absolute atomic E-state index is 0. The summed E-state index contributed by atoms with van der Waals surface area (Å²) in [5, 5.41) is 10.8. The van der Waals surface area contributed by atoms with E-state index < -0.39 is 5.97 Å². The van der Waals surface area contributed by atoms with Crippen molar-refractivity contribution in [3.05, 3.63) is 18.1 Å². The van der Waals surface area contributed by atoms with Crippen molar-refractivity contribution in [3.63, 3.8) is 0 Å². The fourth-order valence-electron chi connectivity index (χ4n) is 2.40. The molecule has 0 aliphatic carbocycles. The summed E-state index contributed by atoms with van der Waals surface area (Å²) in [6, 6.07) is 0. The molecule has 0 saturated carbocycles. The molecule has 2 aliphatic rings. The average Bonchev–Trinajstić information content (AvgIpc) is 2.46. The Morgan fingerprint density at radius 1 is 1.18 bits per heavy atom. The molecule has 3 heterocycles. The number of nitrogens with zero attached hydrogens (tertiary/aromatic N) is 4. The van der Waals surface area contributed by atoms with Gasteiger partial charge in [-0.2, -0.15) is 0 Å². The van der Waals surface area contributed by atoms with Gasteiger partial charge < -0.3 is 24.4 Å². The van der Waals surface area contributed by atoms with E-state index in [1.807, 2.05) is 9.80 Å². The third-order valence-corrected chi connectivity index (χ3v) is 3.73. The van der Waals surface area contributed by atoms with Gasteiger partial charge in [0.05, 0.1) is 37.5 Å². The van der Waals surface area contributed by atoms with Crippen molar-refractivity contribution >= 4 is 17.7 Å². The Bertz CT molecular complexity index is 559. The quantitative estimate of drug-likeness (QED) is 0.513. The number of carbonyl (C=O) groups is 2. The number of hydrogen-bond acceptors (Lipinski definition) is 7. The first-order chi connectivity index (χ1) is 10.1. The number of carboxylic acids is 1. The summed E-state index contributed by atoms with van der Waals surface area (Å²) in [4.78, 5) is 34.5. The van der Waals surface area contributed by atoms with E-state index in [4.69, 9.17) is 4.74 Å². The molecule has 8 nitrogen and oxygen atoms in total. The fourth-order valence-corrected chi connectivity index (χ4v) is 2.40. The molecule has 22 heavy (non-hydrogen) atoms. The maximum Gasteiger partial charge on any atom is 1.00 e. The molecule has 0 atom stereocenters. The number of aromatic carboxylic acids is 1. The van der Waals surface area contributed by atoms with E-state index in [1.54, 1.807) is 0 Å². The van der Waals surface area contributed by atoms with Gasteiger partial charge in [-0.25, -0.2) is 4.98 Å². The van der Waals surface area contributed by atoms with Crippen molar-refractivity contribution in [2.45, 2.75) is 0 Å². The second kappa shape index (κ2) is 7.80. The van der Waals surface area contributed by atoms with Crippen LogP contribution in [-0.2, 0) is 9.53 Å². The number of ether oxygens (including phenoxy) is 1. The minimum Gasteiger partial charge on any atom is -0.543 e. The van der Waals surface area contributed by atoms with Gasteiger partial charge in [0.1, 0.15) is 11.5 Å². The van der Waals surface area contributed by atoms with Crippen LogP contribution in [0.5, 0.6) is 0 Å². The molecule has 0 radical (unpaired) electrons. The van der Waals surface area contributed by atoms with Crippen LogP contribution in [0.25, 0.3) is 0 Å². The molecule has 9 heteroatoms. The largest absolute Gasteiger partial charge is 1.00 e. The number of carbonyl (C=O) groups excluding carboxylic acids is 2. The van der Waals surface area contributed by atoms with Crippen molar-refractivity contribution in [1.82, 2.24) is 14.9 Å². The van der Waals surface area contributed by atoms with Crippen LogP contribution in [0, 0.1) is 5.92 Å². The Balaban J connectivity index is 0.00000176. The zero-order valence-corrected chi connectivity index (χ0v) is 15.5. The number of carboxylic acid groups (broad SMARTS) is 1. The van der Waals surface area contributed by atoms with Gasteiger partial charge in [-0.3, -0.25) is 9.78 Å². The summed E-state index contributed by atoms with van der Waals surface area (Å²) in [5.41, 5.74) is -0.183. The topological polar surface area (TPSA) is 98.7 Å². The van der Waals surface area contributed by atoms with E-state index in [1.165, 1.54) is 6.20 Å². The molecule has 0 aromatic carbocycles. The van der Waals surface area contributed by atoms with Crippen molar-refractivity contribution in [2.24, 2.45) is 5.92 Å². The van der Waals surface area contributed by atoms with Gasteiger partial charge in [-0.05, 0) is 0 Å². The number of anilines is 1. The van der Waals surface area contributed by atoms with Crippen molar-refractivity contribution in [3.8, 4) is 0 Å². The molecule has 0 N–H and O–H groups in total. The number of amides is 1. The Labute approximate surface area is 170 Å². The van der Waals surface area contributed by atoms with Crippen LogP contribution < -0.4 is 61.4 Å². The molecule has 1 aromatic rings. The molecule has 1 amide bonds. The average molecular weight is 330 g/mol. The van der Waals surface area contributed by atoms with Gasteiger partial charge in [-0.15, -0.1) is 0 Å². The standard InChI is InChI=1S/C13H16N4O4.K/c18-12(9-7-21-8-9)17-3-1-16(2-4-17)11-6-14-5-10(15-11)13(19)20;/h5-6,9H,1-4,7-8H2,(H,19,20);/q;+1/p-1. The Morgan fingerprint density at radius 2 is 1.86 bits per heavy atom. The minimum atomic E-state index is -1.34. The van der Waals surface area contributed by atoms with Gasteiger partial charge in [0.15, 0.2) is 0 Å². The SMILES string of the molecule is O=C([O-])c1cncc(N2CCN(C(=O)C3COC3)CC2)n1.[K+]. The molecular weight excluding hydrogens is 315 g/mol. The smallest absolute Gasteiger partial charge is 0.543 e. The van der Waals surface area contributed by atoms with Gasteiger partial charge in [0, 0.05) is 26.2 Å². The molecule has 0 unspecified atom stereocenters. The van der Waals surface area contributed by atoms with E-state index in [0.29, 0.717) is 45.2 Å². The van der Waals surface area contributed by atoms with Gasteiger partial charge >= 0.3 is 51.4 Å². The molecular formula is C13H15KN4O4. The van der Waals surface area contributed by atoms with Crippen LogP contribution in [0.3, 0.4) is 0 Å². The molecule has 2 fully saturated rings. The van der Waals surface area contributed by atoms with E-state index in [2.05, 4.69) is 9.97 Å². The summed E-state index contributed by atoms with van der Waals surface area (Å²) in [5.74, 6) is -0.716. The second-order valence-corrected chi connectivity index (χ2v) is 5.10. The zero-order chi connectivity index (χ0) is 14.8. The Morgan fingerprint density at radius 3 is 2.41 bits per heavy atom. The van der Waals surface area contributed by atoms with Crippen LogP contribution in [0.2, 0.25) is 0 Å². The first-order valence-electron chi connectivity index (χ1n) is 6.80. The summed E-state index contributed by atoms with van der Waals surface area (Å²) in [6.07, 6.45) is 2.68. The predicted molar refractivity (Wildman–Crippen MR) is 69.5 cm³/mol. The van der Waals surface area contributed by atoms with E-state index >= 15 is 0 Å². The molecule has 3 rings (SSSR count). The second-order valence-electron chi connectivity index (χ2n) is 5.10. The van der Waals surface area contributed by atoms with Crippen LogP contribution >= 0.6 is 0 Å². The van der Waals surface area contributed by atoms with Gasteiger partial charge in [0.2, 0.25) is 5.91 Å². The fraction of sp³-hybridized carbons (Fsp3) is 0.538. The van der Waals surface area contributed by atoms with Crippen LogP contribution in [0.1, 0.15) is 10.5 Å². The monoisotopic (exact) mass is 330 g/mol. The van der Waals surface area contributed by atoms with Gasteiger partial charge in [0.25, 0.3) is 0 Å². The normalized spacial score (nSPS) is 18.4. The maximum absolute atomic E-state index is 12.1. The predicted octanol–water partition coefficient (Wildman–Crippen LogP) is -4.86. The summed E-state index contributed by atoms with van der Waals surface area (Å²) >= 11 is 0. The van der Waals surface area contributed by atoms with Crippen molar-refractivity contribution in [1.29, 1.82) is 0 Å². The number of hydrogen-bond donors (Lipinski definition) is 0. The first kappa shape index (κ1) is 17.8. The summed E-state index contributed by atoms with van der Waals surface area (Å²) < 4.78 is 5.04. The van der Waals surface area contributed by atoms with Crippen LogP contribution in [0.4, 0.5) is 5.82 Å². The third-order valence-electron chi connectivity index (χ3n) is 3.73. The first-order valence-corrected chi connectivity index (χ1v) is 6.80.